The van der Waals surface area contributed by atoms with Crippen LogP contribution in [-0.2, 0) is 4.79 Å². The Kier molecular flexibility index (Phi) is 3.61. The van der Waals surface area contributed by atoms with E-state index in [-0.39, 0.29) is 17.4 Å². The van der Waals surface area contributed by atoms with Crippen molar-refractivity contribution in [1.82, 2.24) is 0 Å². The Balaban J connectivity index is 1.61. The summed E-state index contributed by atoms with van der Waals surface area (Å²) >= 11 is 0. The third kappa shape index (κ3) is 2.14. The van der Waals surface area contributed by atoms with Gasteiger partial charge in [-0.05, 0) is 92.3 Å². The molecule has 23 heavy (non-hydrogen) atoms. The molecule has 0 aromatic carbocycles. The fourth-order valence-electron chi connectivity index (χ4n) is 7.64. The number of hydrogen-bond donors (Lipinski definition) is 2. The molecule has 0 aliphatic heterocycles. The molecule has 0 spiro atoms. The molecule has 4 aliphatic carbocycles. The zero-order valence-corrected chi connectivity index (χ0v) is 14.6. The van der Waals surface area contributed by atoms with E-state index in [4.69, 9.17) is 0 Å². The summed E-state index contributed by atoms with van der Waals surface area (Å²) in [5.41, 5.74) is 0.426. The smallest absolute Gasteiger partial charge is 0.307 e. The van der Waals surface area contributed by atoms with Crippen LogP contribution in [0.5, 0.6) is 0 Å². The molecule has 2 N–H and O–H groups in total. The van der Waals surface area contributed by atoms with E-state index in [0.29, 0.717) is 17.3 Å². The van der Waals surface area contributed by atoms with E-state index in [1.54, 1.807) is 0 Å². The molecule has 0 saturated heterocycles. The van der Waals surface area contributed by atoms with Gasteiger partial charge in [-0.2, -0.15) is 0 Å². The first-order chi connectivity index (χ1) is 10.9. The largest absolute Gasteiger partial charge is 0.481 e. The number of carboxylic acid groups (broad SMARTS) is 1. The van der Waals surface area contributed by atoms with Crippen molar-refractivity contribution in [1.29, 1.82) is 0 Å². The quantitative estimate of drug-likeness (QED) is 0.765. The van der Waals surface area contributed by atoms with Crippen LogP contribution >= 0.6 is 0 Å². The van der Waals surface area contributed by atoms with Crippen molar-refractivity contribution in [2.45, 2.75) is 77.7 Å². The minimum Gasteiger partial charge on any atom is -0.481 e. The highest BCUT2D eigenvalue weighted by molar-refractivity contribution is 5.71. The minimum absolute atomic E-state index is 0.0321. The summed E-state index contributed by atoms with van der Waals surface area (Å²) in [5, 5.41) is 19.7. The zero-order valence-electron chi connectivity index (χ0n) is 14.6. The van der Waals surface area contributed by atoms with Gasteiger partial charge in [0.1, 0.15) is 0 Å². The van der Waals surface area contributed by atoms with Crippen LogP contribution in [0.4, 0.5) is 0 Å². The van der Waals surface area contributed by atoms with Crippen molar-refractivity contribution in [3.05, 3.63) is 0 Å². The van der Waals surface area contributed by atoms with Gasteiger partial charge in [0.05, 0.1) is 12.0 Å². The van der Waals surface area contributed by atoms with Crippen molar-refractivity contribution in [3.63, 3.8) is 0 Å². The van der Waals surface area contributed by atoms with E-state index in [2.05, 4.69) is 13.8 Å². The summed E-state index contributed by atoms with van der Waals surface area (Å²) in [5.74, 6) is 2.12. The number of aliphatic carboxylic acids is 1. The molecular formula is C20H32O3. The van der Waals surface area contributed by atoms with Gasteiger partial charge in [0, 0.05) is 0 Å². The molecule has 0 bridgehead atoms. The van der Waals surface area contributed by atoms with Gasteiger partial charge in [0.25, 0.3) is 0 Å². The topological polar surface area (TPSA) is 57.5 Å². The van der Waals surface area contributed by atoms with Crippen molar-refractivity contribution in [2.75, 3.05) is 0 Å². The molecule has 8 atom stereocenters. The van der Waals surface area contributed by atoms with E-state index in [9.17, 15) is 15.0 Å². The number of rotatable bonds is 1. The lowest BCUT2D eigenvalue weighted by Crippen LogP contribution is -2.54. The molecule has 4 saturated carbocycles. The van der Waals surface area contributed by atoms with E-state index in [1.807, 2.05) is 0 Å². The zero-order chi connectivity index (χ0) is 16.4. The molecule has 4 aliphatic rings. The third-order valence-electron chi connectivity index (χ3n) is 8.94. The second-order valence-corrected chi connectivity index (χ2v) is 9.60. The number of aliphatic hydroxyl groups is 1. The highest BCUT2D eigenvalue weighted by atomic mass is 16.4. The van der Waals surface area contributed by atoms with Crippen molar-refractivity contribution in [3.8, 4) is 0 Å². The number of carboxylic acids is 1. The first-order valence-corrected chi connectivity index (χ1v) is 9.77. The Morgan fingerprint density at radius 2 is 1.61 bits per heavy atom. The number of aliphatic hydroxyl groups excluding tert-OH is 1. The minimum atomic E-state index is -0.561. The number of fused-ring (bicyclic) bond motifs is 5. The summed E-state index contributed by atoms with van der Waals surface area (Å²) in [4.78, 5) is 11.7. The molecular weight excluding hydrogens is 288 g/mol. The van der Waals surface area contributed by atoms with Crippen LogP contribution in [0.1, 0.15) is 71.6 Å². The molecule has 0 aromatic rings. The summed E-state index contributed by atoms with van der Waals surface area (Å²) < 4.78 is 0. The van der Waals surface area contributed by atoms with Crippen molar-refractivity contribution in [2.24, 2.45) is 40.4 Å². The van der Waals surface area contributed by atoms with Gasteiger partial charge < -0.3 is 10.2 Å². The summed E-state index contributed by atoms with van der Waals surface area (Å²) in [6, 6.07) is 0. The van der Waals surface area contributed by atoms with Crippen LogP contribution in [0.15, 0.2) is 0 Å². The highest BCUT2D eigenvalue weighted by Gasteiger charge is 2.61. The maximum Gasteiger partial charge on any atom is 0.307 e. The standard InChI is InChI=1S/C20H32O3/c1-19-9-7-13(21)11-12(19)3-4-14-15-5-6-17(18(22)23)20(15,2)10-8-16(14)19/h12-17,21H,3-11H2,1-2H3,(H,22,23)/t12?,13?,14-,15?,16?,17+,19-,20-/m0/s1. The first kappa shape index (κ1) is 15.9. The van der Waals surface area contributed by atoms with Crippen LogP contribution in [0, 0.1) is 40.4 Å². The molecule has 0 amide bonds. The second kappa shape index (κ2) is 5.21. The Morgan fingerprint density at radius 3 is 2.35 bits per heavy atom. The predicted molar refractivity (Wildman–Crippen MR) is 88.9 cm³/mol. The van der Waals surface area contributed by atoms with E-state index in [1.165, 1.54) is 25.7 Å². The molecule has 4 unspecified atom stereocenters. The maximum absolute atomic E-state index is 11.7. The van der Waals surface area contributed by atoms with Gasteiger partial charge in [-0.25, -0.2) is 0 Å². The maximum atomic E-state index is 11.7. The Hall–Kier alpha value is -0.570. The normalized spacial score (nSPS) is 55.6. The highest BCUT2D eigenvalue weighted by Crippen LogP contribution is 2.67. The Bertz CT molecular complexity index is 503. The number of carbonyl (C=O) groups is 1. The molecule has 0 heterocycles. The van der Waals surface area contributed by atoms with Crippen LogP contribution in [-0.4, -0.2) is 22.3 Å². The fourth-order valence-corrected chi connectivity index (χ4v) is 7.64. The van der Waals surface area contributed by atoms with Crippen molar-refractivity contribution < 1.29 is 15.0 Å². The summed E-state index contributed by atoms with van der Waals surface area (Å²) in [7, 11) is 0. The predicted octanol–water partition coefficient (Wildman–Crippen LogP) is 4.09. The molecule has 3 heteroatoms. The van der Waals surface area contributed by atoms with Gasteiger partial charge in [-0.15, -0.1) is 0 Å². The third-order valence-corrected chi connectivity index (χ3v) is 8.94. The van der Waals surface area contributed by atoms with Gasteiger partial charge in [0.15, 0.2) is 0 Å². The van der Waals surface area contributed by atoms with E-state index < -0.39 is 5.97 Å². The molecule has 4 rings (SSSR count). The lowest BCUT2D eigenvalue weighted by atomic mass is 9.44. The van der Waals surface area contributed by atoms with Crippen molar-refractivity contribution >= 4 is 5.97 Å². The van der Waals surface area contributed by atoms with Gasteiger partial charge in [0.2, 0.25) is 0 Å². The first-order valence-electron chi connectivity index (χ1n) is 9.77. The van der Waals surface area contributed by atoms with Crippen LogP contribution in [0.2, 0.25) is 0 Å². The number of hydrogen-bond acceptors (Lipinski definition) is 2. The fraction of sp³-hybridized carbons (Fsp3) is 0.950. The Labute approximate surface area is 139 Å². The summed E-state index contributed by atoms with van der Waals surface area (Å²) in [6.07, 6.45) is 9.90. The summed E-state index contributed by atoms with van der Waals surface area (Å²) in [6.45, 7) is 4.77. The molecule has 0 radical (unpaired) electrons. The molecule has 130 valence electrons. The molecule has 3 nitrogen and oxygen atoms in total. The Morgan fingerprint density at radius 1 is 0.913 bits per heavy atom. The van der Waals surface area contributed by atoms with Crippen LogP contribution < -0.4 is 0 Å². The van der Waals surface area contributed by atoms with Gasteiger partial charge in [-0.3, -0.25) is 4.79 Å². The van der Waals surface area contributed by atoms with Crippen LogP contribution in [0.3, 0.4) is 0 Å². The monoisotopic (exact) mass is 320 g/mol. The average molecular weight is 320 g/mol. The lowest BCUT2D eigenvalue weighted by Gasteiger charge is -2.60. The SMILES string of the molecule is C[C@]12CCC(O)CC1CC[C@@H]1C2CC[C@@]2(C)C1CC[C@@H]2C(=O)O. The van der Waals surface area contributed by atoms with Gasteiger partial charge in [-0.1, -0.05) is 13.8 Å². The van der Waals surface area contributed by atoms with Crippen LogP contribution in [0.25, 0.3) is 0 Å². The average Bonchev–Trinajstić information content (AvgIpc) is 2.85. The van der Waals surface area contributed by atoms with Gasteiger partial charge >= 0.3 is 5.97 Å². The van der Waals surface area contributed by atoms with E-state index >= 15 is 0 Å². The molecule has 4 fully saturated rings. The molecule has 0 aromatic heterocycles. The second-order valence-electron chi connectivity index (χ2n) is 9.60. The lowest BCUT2D eigenvalue weighted by molar-refractivity contribution is -0.154. The van der Waals surface area contributed by atoms with E-state index in [0.717, 1.165) is 43.9 Å².